The van der Waals surface area contributed by atoms with E-state index in [1.807, 2.05) is 12.3 Å². The summed E-state index contributed by atoms with van der Waals surface area (Å²) in [7, 11) is 1.70. The minimum atomic E-state index is 0.624. The van der Waals surface area contributed by atoms with Crippen molar-refractivity contribution in [2.24, 2.45) is 0 Å². The van der Waals surface area contributed by atoms with Gasteiger partial charge in [-0.15, -0.1) is 0 Å². The fourth-order valence-corrected chi connectivity index (χ4v) is 2.58. The number of rotatable bonds is 6. The Balaban J connectivity index is 1.77. The SMILES string of the molecule is COCCCNC(=S)Nc1ccc(N2CCCCC2)nc1. The number of anilines is 2. The first kappa shape index (κ1) is 16.0. The number of methoxy groups -OCH3 is 1. The molecule has 0 aliphatic carbocycles. The largest absolute Gasteiger partial charge is 0.385 e. The van der Waals surface area contributed by atoms with Crippen LogP contribution in [-0.4, -0.2) is 43.4 Å². The van der Waals surface area contributed by atoms with Crippen molar-refractivity contribution >= 4 is 28.8 Å². The number of thiocarbonyl (C=S) groups is 1. The summed E-state index contributed by atoms with van der Waals surface area (Å²) in [5, 5.41) is 6.92. The number of hydrogen-bond donors (Lipinski definition) is 2. The summed E-state index contributed by atoms with van der Waals surface area (Å²) in [4.78, 5) is 6.86. The minimum absolute atomic E-state index is 0.624. The summed E-state index contributed by atoms with van der Waals surface area (Å²) in [5.74, 6) is 1.05. The van der Waals surface area contributed by atoms with E-state index in [2.05, 4.69) is 26.6 Å². The second-order valence-electron chi connectivity index (χ2n) is 5.18. The van der Waals surface area contributed by atoms with Crippen molar-refractivity contribution in [1.82, 2.24) is 10.3 Å². The van der Waals surface area contributed by atoms with Crippen LogP contribution in [0.15, 0.2) is 18.3 Å². The molecule has 0 amide bonds. The van der Waals surface area contributed by atoms with E-state index in [0.717, 1.165) is 44.2 Å². The van der Waals surface area contributed by atoms with E-state index in [0.29, 0.717) is 5.11 Å². The van der Waals surface area contributed by atoms with Crippen LogP contribution in [0.1, 0.15) is 25.7 Å². The molecule has 1 aliphatic heterocycles. The lowest BCUT2D eigenvalue weighted by molar-refractivity contribution is 0.196. The van der Waals surface area contributed by atoms with Crippen LogP contribution >= 0.6 is 12.2 Å². The zero-order valence-corrected chi connectivity index (χ0v) is 13.4. The quantitative estimate of drug-likeness (QED) is 0.622. The Morgan fingerprint density at radius 3 is 2.81 bits per heavy atom. The first-order valence-corrected chi connectivity index (χ1v) is 7.95. The van der Waals surface area contributed by atoms with Gasteiger partial charge in [0.25, 0.3) is 0 Å². The van der Waals surface area contributed by atoms with Gasteiger partial charge in [0.2, 0.25) is 0 Å². The molecule has 6 heteroatoms. The summed E-state index contributed by atoms with van der Waals surface area (Å²) in [6.07, 6.45) is 6.63. The van der Waals surface area contributed by atoms with Crippen LogP contribution in [-0.2, 0) is 4.74 Å². The van der Waals surface area contributed by atoms with E-state index in [9.17, 15) is 0 Å². The Hall–Kier alpha value is -1.40. The third-order valence-corrected chi connectivity index (χ3v) is 3.74. The van der Waals surface area contributed by atoms with E-state index in [1.165, 1.54) is 19.3 Å². The number of nitrogens with zero attached hydrogens (tertiary/aromatic N) is 2. The van der Waals surface area contributed by atoms with E-state index in [-0.39, 0.29) is 0 Å². The van der Waals surface area contributed by atoms with Crippen molar-refractivity contribution in [3.63, 3.8) is 0 Å². The molecule has 0 bridgehead atoms. The Labute approximate surface area is 132 Å². The lowest BCUT2D eigenvalue weighted by Crippen LogP contribution is -2.31. The molecular weight excluding hydrogens is 284 g/mol. The van der Waals surface area contributed by atoms with Crippen molar-refractivity contribution in [3.8, 4) is 0 Å². The molecule has 21 heavy (non-hydrogen) atoms. The summed E-state index contributed by atoms with van der Waals surface area (Å²) in [6, 6.07) is 4.08. The number of aromatic nitrogens is 1. The zero-order chi connectivity index (χ0) is 14.9. The topological polar surface area (TPSA) is 49.4 Å². The van der Waals surface area contributed by atoms with Gasteiger partial charge < -0.3 is 20.3 Å². The molecule has 0 saturated carbocycles. The van der Waals surface area contributed by atoms with Crippen LogP contribution in [0.25, 0.3) is 0 Å². The first-order valence-electron chi connectivity index (χ1n) is 7.54. The third kappa shape index (κ3) is 5.47. The molecule has 5 nitrogen and oxygen atoms in total. The minimum Gasteiger partial charge on any atom is -0.385 e. The van der Waals surface area contributed by atoms with Crippen LogP contribution in [0, 0.1) is 0 Å². The highest BCUT2D eigenvalue weighted by molar-refractivity contribution is 7.80. The maximum Gasteiger partial charge on any atom is 0.170 e. The molecule has 1 aromatic heterocycles. The Bertz CT molecular complexity index is 432. The van der Waals surface area contributed by atoms with Crippen LogP contribution < -0.4 is 15.5 Å². The molecule has 2 heterocycles. The Kier molecular flexibility index (Phi) is 6.69. The smallest absolute Gasteiger partial charge is 0.170 e. The highest BCUT2D eigenvalue weighted by Crippen LogP contribution is 2.18. The van der Waals surface area contributed by atoms with Crippen molar-refractivity contribution in [3.05, 3.63) is 18.3 Å². The molecule has 2 N–H and O–H groups in total. The molecule has 0 aromatic carbocycles. The standard InChI is InChI=1S/C15H24N4OS/c1-20-11-5-8-16-15(21)18-13-6-7-14(17-12-13)19-9-3-2-4-10-19/h6-7,12H,2-5,8-11H2,1H3,(H2,16,18,21). The van der Waals surface area contributed by atoms with E-state index in [1.54, 1.807) is 7.11 Å². The normalized spacial score (nSPS) is 14.8. The molecule has 1 aromatic rings. The van der Waals surface area contributed by atoms with Gasteiger partial charge in [0.1, 0.15) is 5.82 Å². The molecule has 1 aliphatic rings. The Morgan fingerprint density at radius 2 is 2.14 bits per heavy atom. The summed E-state index contributed by atoms with van der Waals surface area (Å²) in [5.41, 5.74) is 0.917. The van der Waals surface area contributed by atoms with E-state index < -0.39 is 0 Å². The van der Waals surface area contributed by atoms with Crippen molar-refractivity contribution in [2.75, 3.05) is 43.6 Å². The number of nitrogens with one attached hydrogen (secondary N) is 2. The Morgan fingerprint density at radius 1 is 1.33 bits per heavy atom. The number of ether oxygens (including phenoxy) is 1. The molecular formula is C15H24N4OS. The molecule has 0 atom stereocenters. The van der Waals surface area contributed by atoms with Gasteiger partial charge in [0.05, 0.1) is 11.9 Å². The summed E-state index contributed by atoms with van der Waals surface area (Å²) < 4.78 is 4.99. The number of hydrogen-bond acceptors (Lipinski definition) is 4. The van der Waals surface area contributed by atoms with Gasteiger partial charge >= 0.3 is 0 Å². The van der Waals surface area contributed by atoms with Gasteiger partial charge in [-0.3, -0.25) is 0 Å². The number of pyridine rings is 1. The van der Waals surface area contributed by atoms with Crippen LogP contribution in [0.4, 0.5) is 11.5 Å². The fraction of sp³-hybridized carbons (Fsp3) is 0.600. The molecule has 116 valence electrons. The van der Waals surface area contributed by atoms with Crippen LogP contribution in [0.5, 0.6) is 0 Å². The second-order valence-corrected chi connectivity index (χ2v) is 5.59. The summed E-state index contributed by atoms with van der Waals surface area (Å²) >= 11 is 5.24. The van der Waals surface area contributed by atoms with E-state index >= 15 is 0 Å². The zero-order valence-electron chi connectivity index (χ0n) is 12.6. The van der Waals surface area contributed by atoms with Crippen LogP contribution in [0.3, 0.4) is 0 Å². The molecule has 1 saturated heterocycles. The van der Waals surface area contributed by atoms with Gasteiger partial charge in [0.15, 0.2) is 5.11 Å². The van der Waals surface area contributed by atoms with Gasteiger partial charge in [-0.05, 0) is 50.0 Å². The monoisotopic (exact) mass is 308 g/mol. The van der Waals surface area contributed by atoms with Gasteiger partial charge in [-0.2, -0.15) is 0 Å². The van der Waals surface area contributed by atoms with Crippen molar-refractivity contribution in [1.29, 1.82) is 0 Å². The second kappa shape index (κ2) is 8.79. The van der Waals surface area contributed by atoms with Gasteiger partial charge in [-0.25, -0.2) is 4.98 Å². The lowest BCUT2D eigenvalue weighted by atomic mass is 10.1. The lowest BCUT2D eigenvalue weighted by Gasteiger charge is -2.27. The number of piperidine rings is 1. The molecule has 0 radical (unpaired) electrons. The maximum atomic E-state index is 5.24. The van der Waals surface area contributed by atoms with Gasteiger partial charge in [-0.1, -0.05) is 0 Å². The van der Waals surface area contributed by atoms with Crippen LogP contribution in [0.2, 0.25) is 0 Å². The predicted molar refractivity (Wildman–Crippen MR) is 91.0 cm³/mol. The first-order chi connectivity index (χ1) is 10.3. The van der Waals surface area contributed by atoms with Crippen molar-refractivity contribution < 1.29 is 4.74 Å². The summed E-state index contributed by atoms with van der Waals surface area (Å²) in [6.45, 7) is 3.76. The third-order valence-electron chi connectivity index (χ3n) is 3.50. The van der Waals surface area contributed by atoms with Gasteiger partial charge in [0, 0.05) is 33.4 Å². The fourth-order valence-electron chi connectivity index (χ4n) is 2.36. The highest BCUT2D eigenvalue weighted by Gasteiger charge is 2.11. The van der Waals surface area contributed by atoms with E-state index in [4.69, 9.17) is 17.0 Å². The maximum absolute atomic E-state index is 5.24. The molecule has 0 spiro atoms. The molecule has 1 fully saturated rings. The predicted octanol–water partition coefficient (Wildman–Crippen LogP) is 2.39. The molecule has 0 unspecified atom stereocenters. The van der Waals surface area contributed by atoms with Crippen molar-refractivity contribution in [2.45, 2.75) is 25.7 Å². The average molecular weight is 308 g/mol. The highest BCUT2D eigenvalue weighted by atomic mass is 32.1. The molecule has 2 rings (SSSR count). The average Bonchev–Trinajstić information content (AvgIpc) is 2.53.